The number of aryl methyl sites for hydroxylation is 2. The van der Waals surface area contributed by atoms with Crippen molar-refractivity contribution >= 4 is 17.3 Å². The van der Waals surface area contributed by atoms with Crippen molar-refractivity contribution < 1.29 is 9.34 Å². The molecule has 0 amide bonds. The van der Waals surface area contributed by atoms with Gasteiger partial charge in [0.25, 0.3) is 0 Å². The molecular formula is C13H12N4O3. The Bertz CT molecular complexity index is 832. The Morgan fingerprint density at radius 3 is 2.75 bits per heavy atom. The molecule has 102 valence electrons. The monoisotopic (exact) mass is 272 g/mol. The molecule has 0 bridgehead atoms. The third kappa shape index (κ3) is 1.71. The molecule has 0 spiro atoms. The van der Waals surface area contributed by atoms with Crippen molar-refractivity contribution in [1.29, 1.82) is 0 Å². The molecule has 3 aromatic rings. The Balaban J connectivity index is 2.23. The lowest BCUT2D eigenvalue weighted by Gasteiger charge is -2.03. The van der Waals surface area contributed by atoms with Crippen molar-refractivity contribution in [3.63, 3.8) is 0 Å². The minimum atomic E-state index is -0.592. The van der Waals surface area contributed by atoms with Crippen LogP contribution in [0.15, 0.2) is 28.7 Å². The summed E-state index contributed by atoms with van der Waals surface area (Å²) in [5.74, 6) is 0.362. The first kappa shape index (κ1) is 12.2. The Hall–Kier alpha value is -2.83. The summed E-state index contributed by atoms with van der Waals surface area (Å²) in [4.78, 5) is 14.5. The van der Waals surface area contributed by atoms with Gasteiger partial charge in [-0.1, -0.05) is 0 Å². The first-order valence-electron chi connectivity index (χ1n) is 5.97. The number of anilines is 1. The summed E-state index contributed by atoms with van der Waals surface area (Å²) in [7, 11) is 0. The first-order valence-corrected chi connectivity index (χ1v) is 5.97. The lowest BCUT2D eigenvalue weighted by atomic mass is 10.2. The predicted octanol–water partition coefficient (Wildman–Crippen LogP) is 2.70. The molecular weight excluding hydrogens is 260 g/mol. The molecule has 0 saturated carbocycles. The number of nitrogens with two attached hydrogens (primary N) is 1. The van der Waals surface area contributed by atoms with Crippen LogP contribution in [0, 0.1) is 24.0 Å². The van der Waals surface area contributed by atoms with Crippen molar-refractivity contribution in [2.24, 2.45) is 0 Å². The van der Waals surface area contributed by atoms with Crippen LogP contribution in [0.25, 0.3) is 17.1 Å². The number of imidazole rings is 1. The molecule has 0 unspecified atom stereocenters. The molecule has 3 aromatic heterocycles. The van der Waals surface area contributed by atoms with E-state index in [0.717, 1.165) is 11.3 Å². The van der Waals surface area contributed by atoms with Crippen LogP contribution in [0.2, 0.25) is 0 Å². The third-order valence-electron chi connectivity index (χ3n) is 3.09. The summed E-state index contributed by atoms with van der Waals surface area (Å²) in [5, 5.41) is 10.7. The minimum Gasteiger partial charge on any atom is -0.399 e. The zero-order valence-corrected chi connectivity index (χ0v) is 11.0. The largest absolute Gasteiger partial charge is 0.433 e. The van der Waals surface area contributed by atoms with Crippen molar-refractivity contribution in [2.75, 3.05) is 5.73 Å². The molecule has 0 aromatic carbocycles. The van der Waals surface area contributed by atoms with E-state index in [1.54, 1.807) is 4.40 Å². The fourth-order valence-electron chi connectivity index (χ4n) is 2.29. The zero-order valence-electron chi connectivity index (χ0n) is 11.0. The topological polar surface area (TPSA) is 99.6 Å². The van der Waals surface area contributed by atoms with Crippen molar-refractivity contribution in [2.45, 2.75) is 13.8 Å². The van der Waals surface area contributed by atoms with E-state index in [2.05, 4.69) is 4.98 Å². The molecule has 3 rings (SSSR count). The van der Waals surface area contributed by atoms with Crippen LogP contribution in [0.4, 0.5) is 11.7 Å². The zero-order chi connectivity index (χ0) is 14.4. The Kier molecular flexibility index (Phi) is 2.50. The number of hydrogen-bond donors (Lipinski definition) is 1. The summed E-state index contributed by atoms with van der Waals surface area (Å²) in [5.41, 5.74) is 9.18. The number of nitro groups is 1. The highest BCUT2D eigenvalue weighted by Crippen LogP contribution is 2.31. The van der Waals surface area contributed by atoms with E-state index in [9.17, 15) is 10.1 Å². The third-order valence-corrected chi connectivity index (χ3v) is 3.09. The molecule has 7 heteroatoms. The van der Waals surface area contributed by atoms with Gasteiger partial charge in [-0.3, -0.25) is 14.5 Å². The minimum absolute atomic E-state index is 0.287. The van der Waals surface area contributed by atoms with Crippen molar-refractivity contribution in [3.8, 4) is 11.5 Å². The standard InChI is InChI=1S/C13H12N4O3/c1-7-5-8(2)16-10(6-7)15-12(13(16)14)9-3-4-11(20-9)17(18)19/h3-6H,14H2,1-2H3. The number of furan rings is 1. The van der Waals surface area contributed by atoms with Crippen molar-refractivity contribution in [3.05, 3.63) is 45.6 Å². The van der Waals surface area contributed by atoms with Gasteiger partial charge in [-0.15, -0.1) is 0 Å². The molecule has 0 atom stereocenters. The van der Waals surface area contributed by atoms with E-state index >= 15 is 0 Å². The van der Waals surface area contributed by atoms with Crippen molar-refractivity contribution in [1.82, 2.24) is 9.38 Å². The lowest BCUT2D eigenvalue weighted by Crippen LogP contribution is -1.98. The van der Waals surface area contributed by atoms with Crippen LogP contribution in [0.1, 0.15) is 11.3 Å². The van der Waals surface area contributed by atoms with Gasteiger partial charge in [0, 0.05) is 5.69 Å². The summed E-state index contributed by atoms with van der Waals surface area (Å²) >= 11 is 0. The van der Waals surface area contributed by atoms with Crippen LogP contribution < -0.4 is 5.73 Å². The smallest absolute Gasteiger partial charge is 0.399 e. The van der Waals surface area contributed by atoms with Crippen LogP contribution >= 0.6 is 0 Å². The Labute approximate surface area is 113 Å². The summed E-state index contributed by atoms with van der Waals surface area (Å²) < 4.78 is 6.95. The predicted molar refractivity (Wildman–Crippen MR) is 73.4 cm³/mol. The van der Waals surface area contributed by atoms with Crippen LogP contribution in [-0.2, 0) is 0 Å². The van der Waals surface area contributed by atoms with Crippen LogP contribution in [-0.4, -0.2) is 14.3 Å². The quantitative estimate of drug-likeness (QED) is 0.571. The molecule has 20 heavy (non-hydrogen) atoms. The molecule has 7 nitrogen and oxygen atoms in total. The highest BCUT2D eigenvalue weighted by molar-refractivity contribution is 5.72. The summed E-state index contributed by atoms with van der Waals surface area (Å²) in [6.07, 6.45) is 0. The number of nitrogens with zero attached hydrogens (tertiary/aromatic N) is 3. The molecule has 0 aliphatic carbocycles. The van der Waals surface area contributed by atoms with Gasteiger partial charge in [0.05, 0.1) is 6.07 Å². The van der Waals surface area contributed by atoms with Gasteiger partial charge >= 0.3 is 5.88 Å². The van der Waals surface area contributed by atoms with Gasteiger partial charge in [0.15, 0.2) is 5.76 Å². The van der Waals surface area contributed by atoms with E-state index in [-0.39, 0.29) is 11.6 Å². The average molecular weight is 272 g/mol. The summed E-state index contributed by atoms with van der Waals surface area (Å²) in [6.45, 7) is 3.89. The maximum Gasteiger partial charge on any atom is 0.433 e. The highest BCUT2D eigenvalue weighted by Gasteiger charge is 2.19. The molecule has 0 radical (unpaired) electrons. The Morgan fingerprint density at radius 2 is 2.10 bits per heavy atom. The first-order chi connectivity index (χ1) is 9.47. The van der Waals surface area contributed by atoms with Gasteiger partial charge in [-0.25, -0.2) is 4.98 Å². The second-order valence-corrected chi connectivity index (χ2v) is 4.61. The van der Waals surface area contributed by atoms with E-state index in [1.165, 1.54) is 12.1 Å². The molecule has 0 aliphatic rings. The van der Waals surface area contributed by atoms with Gasteiger partial charge in [0.1, 0.15) is 22.1 Å². The van der Waals surface area contributed by atoms with Crippen LogP contribution in [0.3, 0.4) is 0 Å². The second kappa shape index (κ2) is 4.09. The molecule has 0 saturated heterocycles. The number of aromatic nitrogens is 2. The number of pyridine rings is 1. The normalized spacial score (nSPS) is 11.1. The fraction of sp³-hybridized carbons (Fsp3) is 0.154. The van der Waals surface area contributed by atoms with Gasteiger partial charge in [0.2, 0.25) is 0 Å². The Morgan fingerprint density at radius 1 is 1.35 bits per heavy atom. The van der Waals surface area contributed by atoms with E-state index in [0.29, 0.717) is 17.2 Å². The average Bonchev–Trinajstić information content (AvgIpc) is 2.93. The SMILES string of the molecule is Cc1cc(C)n2c(N)c(-c3ccc([N+](=O)[O-])o3)nc2c1. The van der Waals surface area contributed by atoms with Gasteiger partial charge < -0.3 is 10.2 Å². The van der Waals surface area contributed by atoms with Gasteiger partial charge in [-0.05, 0) is 37.6 Å². The maximum absolute atomic E-state index is 10.7. The maximum atomic E-state index is 10.7. The lowest BCUT2D eigenvalue weighted by molar-refractivity contribution is -0.401. The summed E-state index contributed by atoms with van der Waals surface area (Å²) in [6, 6.07) is 6.67. The number of fused-ring (bicyclic) bond motifs is 1. The van der Waals surface area contributed by atoms with Gasteiger partial charge in [-0.2, -0.15) is 0 Å². The number of nitrogen functional groups attached to an aromatic ring is 1. The molecule has 0 aliphatic heterocycles. The molecule has 3 heterocycles. The molecule has 0 fully saturated rings. The van der Waals surface area contributed by atoms with E-state index < -0.39 is 4.92 Å². The molecule has 2 N–H and O–H groups in total. The fourth-order valence-corrected chi connectivity index (χ4v) is 2.29. The van der Waals surface area contributed by atoms with E-state index in [1.807, 2.05) is 26.0 Å². The van der Waals surface area contributed by atoms with Crippen LogP contribution in [0.5, 0.6) is 0 Å². The van der Waals surface area contributed by atoms with E-state index in [4.69, 9.17) is 10.2 Å². The number of hydrogen-bond acceptors (Lipinski definition) is 5. The second-order valence-electron chi connectivity index (χ2n) is 4.61. The highest BCUT2D eigenvalue weighted by atomic mass is 16.6. The number of rotatable bonds is 2.